The number of aromatic amines is 2. The van der Waals surface area contributed by atoms with E-state index in [2.05, 4.69) is 25.4 Å². The summed E-state index contributed by atoms with van der Waals surface area (Å²) in [5, 5.41) is 14.0. The van der Waals surface area contributed by atoms with Gasteiger partial charge in [0.25, 0.3) is 0 Å². The van der Waals surface area contributed by atoms with E-state index in [0.29, 0.717) is 11.7 Å². The molecule has 0 saturated heterocycles. The molecule has 0 aliphatic heterocycles. The summed E-state index contributed by atoms with van der Waals surface area (Å²) in [5.41, 5.74) is 0.501. The molecule has 0 unspecified atom stereocenters. The summed E-state index contributed by atoms with van der Waals surface area (Å²) >= 11 is 0. The molecule has 9 heteroatoms. The zero-order valence-electron chi connectivity index (χ0n) is 15.0. The van der Waals surface area contributed by atoms with Crippen LogP contribution in [0.25, 0.3) is 0 Å². The van der Waals surface area contributed by atoms with E-state index < -0.39 is 11.7 Å². The van der Waals surface area contributed by atoms with Crippen LogP contribution in [0.4, 0.5) is 13.2 Å². The summed E-state index contributed by atoms with van der Waals surface area (Å²) in [6, 6.07) is 4.81. The van der Waals surface area contributed by atoms with Crippen LogP contribution >= 0.6 is 0 Å². The fraction of sp³-hybridized carbons (Fsp3) is 0.421. The fourth-order valence-electron chi connectivity index (χ4n) is 3.64. The van der Waals surface area contributed by atoms with Crippen molar-refractivity contribution in [2.75, 3.05) is 0 Å². The molecular weight excluding hydrogens is 371 g/mol. The van der Waals surface area contributed by atoms with Crippen LogP contribution in [0.15, 0.2) is 36.7 Å². The third-order valence-electron chi connectivity index (χ3n) is 5.17. The standard InChI is InChI=1S/C19H20F3N5O/c20-19(21,22)15-2-1-3-16(8-15)28-11-17-25-18(27-26-17)13-6-4-12(5-7-13)14-9-23-24-10-14/h1-3,8-10,12-13H,4-7,11H2,(H,23,24)(H,25,26,27). The smallest absolute Gasteiger partial charge is 0.416 e. The molecule has 0 amide bonds. The van der Waals surface area contributed by atoms with Crippen molar-refractivity contribution in [1.82, 2.24) is 25.4 Å². The van der Waals surface area contributed by atoms with E-state index in [0.717, 1.165) is 43.6 Å². The van der Waals surface area contributed by atoms with Crippen molar-refractivity contribution in [3.05, 3.63) is 59.4 Å². The maximum absolute atomic E-state index is 12.8. The number of rotatable bonds is 5. The average Bonchev–Trinajstić information content (AvgIpc) is 3.38. The van der Waals surface area contributed by atoms with E-state index in [4.69, 9.17) is 4.74 Å². The predicted molar refractivity (Wildman–Crippen MR) is 94.7 cm³/mol. The van der Waals surface area contributed by atoms with Gasteiger partial charge in [-0.2, -0.15) is 23.4 Å². The maximum atomic E-state index is 12.8. The predicted octanol–water partition coefficient (Wildman–Crippen LogP) is 4.57. The topological polar surface area (TPSA) is 79.5 Å². The molecule has 1 saturated carbocycles. The quantitative estimate of drug-likeness (QED) is 0.668. The zero-order valence-corrected chi connectivity index (χ0v) is 15.0. The minimum Gasteiger partial charge on any atom is -0.486 e. The van der Waals surface area contributed by atoms with Crippen LogP contribution < -0.4 is 4.74 Å². The van der Waals surface area contributed by atoms with Crippen LogP contribution in [0, 0.1) is 0 Å². The highest BCUT2D eigenvalue weighted by Gasteiger charge is 2.30. The lowest BCUT2D eigenvalue weighted by atomic mass is 9.79. The third-order valence-corrected chi connectivity index (χ3v) is 5.17. The Kier molecular flexibility index (Phi) is 5.06. The highest BCUT2D eigenvalue weighted by atomic mass is 19.4. The molecule has 1 aliphatic rings. The lowest BCUT2D eigenvalue weighted by Crippen LogP contribution is -2.13. The normalized spacial score (nSPS) is 20.2. The summed E-state index contributed by atoms with van der Waals surface area (Å²) in [4.78, 5) is 4.48. The number of benzene rings is 1. The second-order valence-electron chi connectivity index (χ2n) is 7.03. The van der Waals surface area contributed by atoms with Crippen molar-refractivity contribution in [1.29, 1.82) is 0 Å². The number of aromatic nitrogens is 5. The van der Waals surface area contributed by atoms with Gasteiger partial charge < -0.3 is 4.74 Å². The molecule has 1 fully saturated rings. The molecule has 28 heavy (non-hydrogen) atoms. The summed E-state index contributed by atoms with van der Waals surface area (Å²) in [6.07, 6.45) is 3.50. The van der Waals surface area contributed by atoms with Gasteiger partial charge in [0.1, 0.15) is 12.4 Å². The van der Waals surface area contributed by atoms with Crippen LogP contribution in [-0.2, 0) is 12.8 Å². The Morgan fingerprint density at radius 3 is 2.61 bits per heavy atom. The Morgan fingerprint density at radius 1 is 1.11 bits per heavy atom. The average molecular weight is 391 g/mol. The minimum absolute atomic E-state index is 0.0404. The molecule has 0 bridgehead atoms. The van der Waals surface area contributed by atoms with Gasteiger partial charge >= 0.3 is 6.18 Å². The van der Waals surface area contributed by atoms with E-state index >= 15 is 0 Å². The molecule has 6 nitrogen and oxygen atoms in total. The summed E-state index contributed by atoms with van der Waals surface area (Å²) < 4.78 is 43.8. The van der Waals surface area contributed by atoms with Crippen molar-refractivity contribution < 1.29 is 17.9 Å². The van der Waals surface area contributed by atoms with E-state index in [1.54, 1.807) is 0 Å². The van der Waals surface area contributed by atoms with Crippen molar-refractivity contribution >= 4 is 0 Å². The van der Waals surface area contributed by atoms with Gasteiger partial charge in [-0.1, -0.05) is 6.07 Å². The van der Waals surface area contributed by atoms with Crippen molar-refractivity contribution in [2.45, 2.75) is 50.3 Å². The van der Waals surface area contributed by atoms with Crippen molar-refractivity contribution in [2.24, 2.45) is 0 Å². The lowest BCUT2D eigenvalue weighted by molar-refractivity contribution is -0.137. The van der Waals surface area contributed by atoms with Gasteiger partial charge in [-0.25, -0.2) is 4.98 Å². The number of ether oxygens (including phenoxy) is 1. The Balaban J connectivity index is 1.33. The van der Waals surface area contributed by atoms with E-state index in [1.807, 2.05) is 12.4 Å². The van der Waals surface area contributed by atoms with Crippen molar-refractivity contribution in [3.8, 4) is 5.75 Å². The number of nitrogens with one attached hydrogen (secondary N) is 2. The first-order valence-corrected chi connectivity index (χ1v) is 9.19. The largest absolute Gasteiger partial charge is 0.486 e. The Labute approximate surface area is 159 Å². The Hall–Kier alpha value is -2.84. The number of nitrogens with zero attached hydrogens (tertiary/aromatic N) is 3. The van der Waals surface area contributed by atoms with Gasteiger partial charge in [-0.3, -0.25) is 10.2 Å². The zero-order chi connectivity index (χ0) is 19.6. The van der Waals surface area contributed by atoms with Crippen LogP contribution in [0.2, 0.25) is 0 Å². The maximum Gasteiger partial charge on any atom is 0.416 e. The third kappa shape index (κ3) is 4.18. The highest BCUT2D eigenvalue weighted by molar-refractivity contribution is 5.30. The molecule has 2 aromatic heterocycles. The summed E-state index contributed by atoms with van der Waals surface area (Å²) in [5.74, 6) is 2.19. The molecule has 0 radical (unpaired) electrons. The number of hydrogen-bond acceptors (Lipinski definition) is 4. The molecule has 2 N–H and O–H groups in total. The first-order chi connectivity index (χ1) is 13.5. The van der Waals surface area contributed by atoms with E-state index in [9.17, 15) is 13.2 Å². The molecule has 0 atom stereocenters. The minimum atomic E-state index is -4.39. The summed E-state index contributed by atoms with van der Waals surface area (Å²) in [7, 11) is 0. The lowest BCUT2D eigenvalue weighted by Gasteiger charge is -2.26. The molecule has 3 aromatic rings. The van der Waals surface area contributed by atoms with E-state index in [-0.39, 0.29) is 18.3 Å². The first-order valence-electron chi connectivity index (χ1n) is 9.19. The molecule has 148 valence electrons. The monoisotopic (exact) mass is 391 g/mol. The number of H-pyrrole nitrogens is 2. The van der Waals surface area contributed by atoms with Crippen LogP contribution in [0.5, 0.6) is 5.75 Å². The van der Waals surface area contributed by atoms with Crippen LogP contribution in [-0.4, -0.2) is 25.4 Å². The van der Waals surface area contributed by atoms with Gasteiger partial charge in [-0.05, 0) is 55.4 Å². The Morgan fingerprint density at radius 2 is 1.89 bits per heavy atom. The van der Waals surface area contributed by atoms with Crippen molar-refractivity contribution in [3.63, 3.8) is 0 Å². The number of alkyl halides is 3. The van der Waals surface area contributed by atoms with Gasteiger partial charge in [-0.15, -0.1) is 0 Å². The molecular formula is C19H20F3N5O. The molecule has 2 heterocycles. The second kappa shape index (κ2) is 7.65. The van der Waals surface area contributed by atoms with E-state index in [1.165, 1.54) is 17.7 Å². The number of hydrogen-bond donors (Lipinski definition) is 2. The number of halogens is 3. The second-order valence-corrected chi connectivity index (χ2v) is 7.03. The summed E-state index contributed by atoms with van der Waals surface area (Å²) in [6.45, 7) is 0.0404. The molecule has 4 rings (SSSR count). The van der Waals surface area contributed by atoms with Gasteiger partial charge in [0.05, 0.1) is 11.8 Å². The molecule has 0 spiro atoms. The van der Waals surface area contributed by atoms with Crippen LogP contribution in [0.3, 0.4) is 0 Å². The van der Waals surface area contributed by atoms with Crippen LogP contribution in [0.1, 0.15) is 60.3 Å². The van der Waals surface area contributed by atoms with Gasteiger partial charge in [0, 0.05) is 12.1 Å². The molecule has 1 aliphatic carbocycles. The highest BCUT2D eigenvalue weighted by Crippen LogP contribution is 2.39. The molecule has 1 aromatic carbocycles. The first kappa shape index (κ1) is 18.5. The fourth-order valence-corrected chi connectivity index (χ4v) is 3.64. The SMILES string of the molecule is FC(F)(F)c1cccc(OCc2nc(C3CCC(c4cn[nH]c4)CC3)n[nH]2)c1. The van der Waals surface area contributed by atoms with Gasteiger partial charge in [0.2, 0.25) is 0 Å². The Bertz CT molecular complexity index is 898. The van der Waals surface area contributed by atoms with Gasteiger partial charge in [0.15, 0.2) is 11.6 Å².